The molecule has 1 atom stereocenters. The van der Waals surface area contributed by atoms with Gasteiger partial charge in [0.05, 0.1) is 0 Å². The van der Waals surface area contributed by atoms with Gasteiger partial charge in [-0.25, -0.2) is 0 Å². The first-order valence-corrected chi connectivity index (χ1v) is 6.13. The third kappa shape index (κ3) is 3.26. The summed E-state index contributed by atoms with van der Waals surface area (Å²) in [6, 6.07) is 5.98. The Kier molecular flexibility index (Phi) is 4.01. The maximum absolute atomic E-state index is 9.90. The predicted octanol–water partition coefficient (Wildman–Crippen LogP) is 4.32. The number of rotatable bonds is 3. The number of hydrogen-bond acceptors (Lipinski definition) is 1. The average molecular weight is 220 g/mol. The molecule has 1 heteroatoms. The van der Waals surface area contributed by atoms with Gasteiger partial charge in [-0.2, -0.15) is 0 Å². The highest BCUT2D eigenvalue weighted by atomic mass is 16.3. The van der Waals surface area contributed by atoms with Gasteiger partial charge < -0.3 is 5.11 Å². The number of aryl methyl sites for hydroxylation is 1. The van der Waals surface area contributed by atoms with Crippen LogP contribution in [0.15, 0.2) is 18.2 Å². The van der Waals surface area contributed by atoms with Crippen LogP contribution in [0.4, 0.5) is 0 Å². The fourth-order valence-corrected chi connectivity index (χ4v) is 2.17. The Morgan fingerprint density at radius 1 is 1.25 bits per heavy atom. The van der Waals surface area contributed by atoms with Crippen molar-refractivity contribution in [2.45, 2.75) is 47.5 Å². The van der Waals surface area contributed by atoms with Crippen molar-refractivity contribution in [3.8, 4) is 5.75 Å². The molecule has 1 rings (SSSR count). The summed E-state index contributed by atoms with van der Waals surface area (Å²) in [4.78, 5) is 0. The smallest absolute Gasteiger partial charge is 0.119 e. The largest absolute Gasteiger partial charge is 0.508 e. The fourth-order valence-electron chi connectivity index (χ4n) is 2.17. The molecule has 0 saturated carbocycles. The first-order valence-electron chi connectivity index (χ1n) is 6.13. The lowest BCUT2D eigenvalue weighted by Gasteiger charge is -2.30. The first kappa shape index (κ1) is 13.1. The van der Waals surface area contributed by atoms with Crippen molar-refractivity contribution < 1.29 is 5.11 Å². The molecule has 0 saturated heterocycles. The third-order valence-electron chi connectivity index (χ3n) is 3.42. The van der Waals surface area contributed by atoms with Gasteiger partial charge in [0, 0.05) is 0 Å². The van der Waals surface area contributed by atoms with Crippen LogP contribution in [-0.2, 0) is 6.42 Å². The summed E-state index contributed by atoms with van der Waals surface area (Å²) >= 11 is 0. The lowest BCUT2D eigenvalue weighted by molar-refractivity contribution is 0.230. The van der Waals surface area contributed by atoms with Crippen LogP contribution >= 0.6 is 0 Å². The Hall–Kier alpha value is -0.980. The molecule has 0 spiro atoms. The number of phenolic OH excluding ortho intramolecular Hbond substituents is 1. The van der Waals surface area contributed by atoms with Crippen LogP contribution in [0.5, 0.6) is 5.75 Å². The van der Waals surface area contributed by atoms with E-state index in [9.17, 15) is 5.11 Å². The van der Waals surface area contributed by atoms with Gasteiger partial charge >= 0.3 is 0 Å². The van der Waals surface area contributed by atoms with Crippen molar-refractivity contribution in [3.63, 3.8) is 0 Å². The summed E-state index contributed by atoms with van der Waals surface area (Å²) in [6.07, 6.45) is 2.11. The minimum Gasteiger partial charge on any atom is -0.508 e. The molecule has 0 aliphatic rings. The second-order valence-electron chi connectivity index (χ2n) is 5.81. The van der Waals surface area contributed by atoms with Gasteiger partial charge in [0.15, 0.2) is 0 Å². The molecule has 0 amide bonds. The van der Waals surface area contributed by atoms with Crippen LogP contribution in [-0.4, -0.2) is 5.11 Å². The van der Waals surface area contributed by atoms with Gasteiger partial charge in [0.25, 0.3) is 0 Å². The lowest BCUT2D eigenvalue weighted by Crippen LogP contribution is -2.21. The quantitative estimate of drug-likeness (QED) is 0.804. The summed E-state index contributed by atoms with van der Waals surface area (Å²) in [5, 5.41) is 9.90. The Morgan fingerprint density at radius 3 is 2.31 bits per heavy atom. The molecule has 90 valence electrons. The Labute approximate surface area is 99.5 Å². The van der Waals surface area contributed by atoms with Gasteiger partial charge in [0.2, 0.25) is 0 Å². The molecule has 16 heavy (non-hydrogen) atoms. The summed E-state index contributed by atoms with van der Waals surface area (Å²) in [5.74, 6) is 1.06. The highest BCUT2D eigenvalue weighted by molar-refractivity contribution is 5.36. The minimum atomic E-state index is 0.298. The van der Waals surface area contributed by atoms with Crippen molar-refractivity contribution in [1.29, 1.82) is 0 Å². The van der Waals surface area contributed by atoms with Gasteiger partial charge in [-0.1, -0.05) is 46.2 Å². The molecule has 1 aromatic rings. The zero-order valence-corrected chi connectivity index (χ0v) is 11.2. The number of hydrogen-bond donors (Lipinski definition) is 1. The van der Waals surface area contributed by atoms with E-state index in [0.717, 1.165) is 24.0 Å². The molecular formula is C15H24O. The van der Waals surface area contributed by atoms with Crippen LogP contribution in [0.25, 0.3) is 0 Å². The van der Waals surface area contributed by atoms with Crippen LogP contribution in [0.1, 0.15) is 45.2 Å². The molecule has 0 fully saturated rings. The van der Waals surface area contributed by atoms with Gasteiger partial charge in [-0.05, 0) is 41.9 Å². The van der Waals surface area contributed by atoms with Crippen molar-refractivity contribution in [1.82, 2.24) is 0 Å². The van der Waals surface area contributed by atoms with E-state index in [1.807, 2.05) is 13.0 Å². The first-order chi connectivity index (χ1) is 7.34. The van der Waals surface area contributed by atoms with Crippen LogP contribution in [0.3, 0.4) is 0 Å². The highest BCUT2D eigenvalue weighted by Crippen LogP contribution is 2.33. The summed E-state index contributed by atoms with van der Waals surface area (Å²) < 4.78 is 0. The Morgan fingerprint density at radius 2 is 1.88 bits per heavy atom. The standard InChI is InChI=1S/C15H24O/c1-6-13(15(3,4)5)10-12-8-7-11(2)9-14(12)16/h7-9,13,16H,6,10H2,1-5H3. The molecule has 0 aromatic heterocycles. The number of phenols is 1. The predicted molar refractivity (Wildman–Crippen MR) is 69.8 cm³/mol. The van der Waals surface area contributed by atoms with E-state index in [2.05, 4.69) is 39.8 Å². The van der Waals surface area contributed by atoms with Crippen LogP contribution in [0.2, 0.25) is 0 Å². The van der Waals surface area contributed by atoms with Crippen molar-refractivity contribution in [2.75, 3.05) is 0 Å². The maximum atomic E-state index is 9.90. The molecule has 0 aliphatic carbocycles. The highest BCUT2D eigenvalue weighted by Gasteiger charge is 2.23. The molecule has 0 bridgehead atoms. The molecule has 1 unspecified atom stereocenters. The summed E-state index contributed by atoms with van der Waals surface area (Å²) in [6.45, 7) is 11.0. The van der Waals surface area contributed by atoms with E-state index >= 15 is 0 Å². The molecule has 0 aliphatic heterocycles. The molecular weight excluding hydrogens is 196 g/mol. The van der Waals surface area contributed by atoms with E-state index < -0.39 is 0 Å². The van der Waals surface area contributed by atoms with E-state index in [1.165, 1.54) is 0 Å². The molecule has 1 aromatic carbocycles. The minimum absolute atomic E-state index is 0.298. The van der Waals surface area contributed by atoms with Crippen molar-refractivity contribution >= 4 is 0 Å². The van der Waals surface area contributed by atoms with Gasteiger partial charge in [0.1, 0.15) is 5.75 Å². The second-order valence-corrected chi connectivity index (χ2v) is 5.81. The summed E-state index contributed by atoms with van der Waals surface area (Å²) in [7, 11) is 0. The zero-order valence-electron chi connectivity index (χ0n) is 11.2. The lowest BCUT2D eigenvalue weighted by atomic mass is 9.75. The summed E-state index contributed by atoms with van der Waals surface area (Å²) in [5.41, 5.74) is 2.49. The van der Waals surface area contributed by atoms with E-state index in [1.54, 1.807) is 0 Å². The molecule has 0 radical (unpaired) electrons. The van der Waals surface area contributed by atoms with Crippen molar-refractivity contribution in [3.05, 3.63) is 29.3 Å². The number of aromatic hydroxyl groups is 1. The van der Waals surface area contributed by atoms with E-state index in [0.29, 0.717) is 17.1 Å². The third-order valence-corrected chi connectivity index (χ3v) is 3.42. The van der Waals surface area contributed by atoms with Gasteiger partial charge in [-0.3, -0.25) is 0 Å². The SMILES string of the molecule is CCC(Cc1ccc(C)cc1O)C(C)(C)C. The van der Waals surface area contributed by atoms with E-state index in [-0.39, 0.29) is 0 Å². The topological polar surface area (TPSA) is 20.2 Å². The molecule has 1 N–H and O–H groups in total. The van der Waals surface area contributed by atoms with Gasteiger partial charge in [-0.15, -0.1) is 0 Å². The zero-order chi connectivity index (χ0) is 12.3. The fraction of sp³-hybridized carbons (Fsp3) is 0.600. The van der Waals surface area contributed by atoms with Crippen molar-refractivity contribution in [2.24, 2.45) is 11.3 Å². The Bertz CT molecular complexity index is 347. The monoisotopic (exact) mass is 220 g/mol. The maximum Gasteiger partial charge on any atom is 0.119 e. The average Bonchev–Trinajstić information content (AvgIpc) is 2.14. The second kappa shape index (κ2) is 4.90. The van der Waals surface area contributed by atoms with E-state index in [4.69, 9.17) is 0 Å². The van der Waals surface area contributed by atoms with Crippen LogP contribution < -0.4 is 0 Å². The molecule has 0 heterocycles. The van der Waals surface area contributed by atoms with Crippen LogP contribution in [0, 0.1) is 18.3 Å². The normalized spacial score (nSPS) is 13.8. The molecule has 1 nitrogen and oxygen atoms in total. The Balaban J connectivity index is 2.86. The number of benzene rings is 1.